The zero-order chi connectivity index (χ0) is 8.72. The number of benzene rings is 1. The molecule has 0 radical (unpaired) electrons. The largest absolute Gasteiger partial charge is 0.348 e. The first-order valence-corrected chi connectivity index (χ1v) is 3.55. The maximum absolute atomic E-state index is 13.0. The summed E-state index contributed by atoms with van der Waals surface area (Å²) in [6.07, 6.45) is -0.956. The fourth-order valence-corrected chi connectivity index (χ4v) is 1.11. The van der Waals surface area contributed by atoms with E-state index in [0.717, 1.165) is 6.07 Å². The first-order valence-electron chi connectivity index (χ1n) is 3.55. The Morgan fingerprint density at radius 3 is 2.46 bits per heavy atom. The Morgan fingerprint density at radius 1 is 1.31 bits per heavy atom. The van der Waals surface area contributed by atoms with Gasteiger partial charge in [-0.3, -0.25) is 0 Å². The number of hydrogen-bond donors (Lipinski definition) is 1. The van der Waals surface area contributed by atoms with Crippen molar-refractivity contribution in [2.45, 2.75) is 12.3 Å². The number of epoxide rings is 1. The van der Waals surface area contributed by atoms with Gasteiger partial charge in [0.2, 0.25) is 0 Å². The van der Waals surface area contributed by atoms with Gasteiger partial charge in [0, 0.05) is 5.56 Å². The second kappa shape index (κ2) is 3.57. The molecule has 1 aromatic rings. The third-order valence-corrected chi connectivity index (χ3v) is 1.81. The van der Waals surface area contributed by atoms with Crippen molar-refractivity contribution < 1.29 is 13.5 Å². The van der Waals surface area contributed by atoms with Crippen LogP contribution in [0.5, 0.6) is 0 Å². The molecule has 0 saturated carbocycles. The molecule has 72 valence electrons. The van der Waals surface area contributed by atoms with Gasteiger partial charge in [-0.05, 0) is 6.07 Å². The van der Waals surface area contributed by atoms with Gasteiger partial charge >= 0.3 is 0 Å². The molecule has 13 heavy (non-hydrogen) atoms. The molecule has 1 aliphatic heterocycles. The molecule has 2 atom stereocenters. The molecule has 0 spiro atoms. The Kier molecular flexibility index (Phi) is 2.85. The van der Waals surface area contributed by atoms with Crippen LogP contribution in [0.15, 0.2) is 18.2 Å². The molecule has 0 bridgehead atoms. The van der Waals surface area contributed by atoms with Crippen molar-refractivity contribution in [3.8, 4) is 0 Å². The molecular weight excluding hydrogens is 200 g/mol. The third-order valence-electron chi connectivity index (χ3n) is 1.81. The van der Waals surface area contributed by atoms with Crippen LogP contribution in [-0.2, 0) is 4.74 Å². The molecule has 1 aromatic carbocycles. The fourth-order valence-electron chi connectivity index (χ4n) is 1.11. The van der Waals surface area contributed by atoms with Gasteiger partial charge in [-0.1, -0.05) is 12.1 Å². The van der Waals surface area contributed by atoms with Crippen molar-refractivity contribution in [2.24, 2.45) is 5.73 Å². The minimum absolute atomic E-state index is 0. The van der Waals surface area contributed by atoms with E-state index in [-0.39, 0.29) is 18.0 Å². The molecule has 1 heterocycles. The third kappa shape index (κ3) is 1.80. The van der Waals surface area contributed by atoms with Gasteiger partial charge in [0.1, 0.15) is 12.3 Å². The van der Waals surface area contributed by atoms with E-state index in [2.05, 4.69) is 0 Å². The summed E-state index contributed by atoms with van der Waals surface area (Å²) in [5, 5.41) is 0. The number of halogens is 3. The van der Waals surface area contributed by atoms with Crippen LogP contribution >= 0.6 is 12.4 Å². The number of rotatable bonds is 1. The van der Waals surface area contributed by atoms with Crippen LogP contribution in [-0.4, -0.2) is 6.23 Å². The van der Waals surface area contributed by atoms with Crippen LogP contribution in [0, 0.1) is 11.6 Å². The van der Waals surface area contributed by atoms with Gasteiger partial charge in [0.25, 0.3) is 0 Å². The average Bonchev–Trinajstić information content (AvgIpc) is 2.73. The van der Waals surface area contributed by atoms with E-state index < -0.39 is 24.0 Å². The Balaban J connectivity index is 0.000000845. The molecule has 0 aromatic heterocycles. The summed E-state index contributed by atoms with van der Waals surface area (Å²) in [6.45, 7) is 0. The molecule has 0 unspecified atom stereocenters. The monoisotopic (exact) mass is 207 g/mol. The highest BCUT2D eigenvalue weighted by Crippen LogP contribution is 2.36. The lowest BCUT2D eigenvalue weighted by atomic mass is 10.1. The van der Waals surface area contributed by atoms with Crippen molar-refractivity contribution >= 4 is 12.4 Å². The standard InChI is InChI=1S/C8H7F2NO.ClH/c9-5-3-1-2-4(6(5)10)7-8(11)12-7;/h1-3,7-8H,11H2;1H/t7-,8+;/m0./s1. The Morgan fingerprint density at radius 2 is 1.92 bits per heavy atom. The Bertz CT molecular complexity index is 321. The summed E-state index contributed by atoms with van der Waals surface area (Å²) >= 11 is 0. The average molecular weight is 208 g/mol. The lowest BCUT2D eigenvalue weighted by molar-refractivity contribution is 0.370. The Labute approximate surface area is 80.1 Å². The fraction of sp³-hybridized carbons (Fsp3) is 0.250. The van der Waals surface area contributed by atoms with Crippen molar-refractivity contribution in [1.29, 1.82) is 0 Å². The maximum Gasteiger partial charge on any atom is 0.164 e. The minimum atomic E-state index is -0.866. The van der Waals surface area contributed by atoms with Crippen molar-refractivity contribution in [1.82, 2.24) is 0 Å². The van der Waals surface area contributed by atoms with Crippen LogP contribution < -0.4 is 5.73 Å². The maximum atomic E-state index is 13.0. The van der Waals surface area contributed by atoms with E-state index in [1.165, 1.54) is 12.1 Å². The molecule has 1 fully saturated rings. The molecule has 1 saturated heterocycles. The summed E-state index contributed by atoms with van der Waals surface area (Å²) in [5.41, 5.74) is 5.50. The van der Waals surface area contributed by atoms with Crippen LogP contribution in [0.2, 0.25) is 0 Å². The normalized spacial score (nSPS) is 25.2. The summed E-state index contributed by atoms with van der Waals surface area (Å²) < 4.78 is 30.4. The molecule has 2 N–H and O–H groups in total. The molecule has 2 nitrogen and oxygen atoms in total. The van der Waals surface area contributed by atoms with Crippen LogP contribution in [0.4, 0.5) is 8.78 Å². The number of ether oxygens (including phenoxy) is 1. The van der Waals surface area contributed by atoms with Crippen molar-refractivity contribution in [3.63, 3.8) is 0 Å². The molecular formula is C8H8ClF2NO. The topological polar surface area (TPSA) is 38.5 Å². The zero-order valence-electron chi connectivity index (χ0n) is 6.54. The van der Waals surface area contributed by atoms with E-state index in [1.807, 2.05) is 0 Å². The van der Waals surface area contributed by atoms with E-state index in [1.54, 1.807) is 0 Å². The number of nitrogens with two attached hydrogens (primary N) is 1. The van der Waals surface area contributed by atoms with Crippen LogP contribution in [0.1, 0.15) is 11.7 Å². The van der Waals surface area contributed by atoms with Gasteiger partial charge in [-0.15, -0.1) is 12.4 Å². The summed E-state index contributed by atoms with van der Waals surface area (Å²) in [5.74, 6) is -1.73. The van der Waals surface area contributed by atoms with Crippen LogP contribution in [0.25, 0.3) is 0 Å². The predicted octanol–water partition coefficient (Wildman–Crippen LogP) is 1.74. The molecule has 1 aliphatic rings. The first kappa shape index (κ1) is 10.4. The van der Waals surface area contributed by atoms with E-state index in [0.29, 0.717) is 0 Å². The summed E-state index contributed by atoms with van der Waals surface area (Å²) in [7, 11) is 0. The predicted molar refractivity (Wildman–Crippen MR) is 45.4 cm³/mol. The SMILES string of the molecule is Cl.N[C@@H]1O[C@H]1c1cccc(F)c1F. The molecule has 0 amide bonds. The summed E-state index contributed by atoms with van der Waals surface area (Å²) in [4.78, 5) is 0. The summed E-state index contributed by atoms with van der Waals surface area (Å²) in [6, 6.07) is 3.96. The van der Waals surface area contributed by atoms with E-state index in [9.17, 15) is 8.78 Å². The quantitative estimate of drug-likeness (QED) is 0.713. The van der Waals surface area contributed by atoms with Gasteiger partial charge in [-0.2, -0.15) is 0 Å². The zero-order valence-corrected chi connectivity index (χ0v) is 7.35. The van der Waals surface area contributed by atoms with Crippen molar-refractivity contribution in [2.75, 3.05) is 0 Å². The lowest BCUT2D eigenvalue weighted by Gasteiger charge is -1.98. The van der Waals surface area contributed by atoms with E-state index in [4.69, 9.17) is 10.5 Å². The van der Waals surface area contributed by atoms with Crippen molar-refractivity contribution in [3.05, 3.63) is 35.4 Å². The van der Waals surface area contributed by atoms with Gasteiger partial charge < -0.3 is 10.5 Å². The van der Waals surface area contributed by atoms with Crippen LogP contribution in [0.3, 0.4) is 0 Å². The van der Waals surface area contributed by atoms with E-state index >= 15 is 0 Å². The highest BCUT2D eigenvalue weighted by atomic mass is 35.5. The number of hydrogen-bond acceptors (Lipinski definition) is 2. The second-order valence-electron chi connectivity index (χ2n) is 2.66. The molecule has 5 heteroatoms. The lowest BCUT2D eigenvalue weighted by Crippen LogP contribution is -2.03. The Hall–Kier alpha value is -0.710. The smallest absolute Gasteiger partial charge is 0.164 e. The second-order valence-corrected chi connectivity index (χ2v) is 2.66. The highest BCUT2D eigenvalue weighted by Gasteiger charge is 2.39. The first-order chi connectivity index (χ1) is 5.70. The van der Waals surface area contributed by atoms with Gasteiger partial charge in [0.15, 0.2) is 11.6 Å². The molecule has 0 aliphatic carbocycles. The van der Waals surface area contributed by atoms with Gasteiger partial charge in [0.05, 0.1) is 0 Å². The highest BCUT2D eigenvalue weighted by molar-refractivity contribution is 5.85. The van der Waals surface area contributed by atoms with Gasteiger partial charge in [-0.25, -0.2) is 8.78 Å². The minimum Gasteiger partial charge on any atom is -0.348 e. The molecule has 2 rings (SSSR count).